The highest BCUT2D eigenvalue weighted by atomic mass is 16.1. The van der Waals surface area contributed by atoms with Crippen molar-refractivity contribution in [2.45, 2.75) is 26.8 Å². The van der Waals surface area contributed by atoms with E-state index in [2.05, 4.69) is 5.32 Å². The van der Waals surface area contributed by atoms with Gasteiger partial charge in [0.05, 0.1) is 11.9 Å². The topological polar surface area (TPSA) is 51.1 Å². The van der Waals surface area contributed by atoms with Gasteiger partial charge in [0.2, 0.25) is 5.91 Å². The minimum absolute atomic E-state index is 0.00754. The molecule has 0 radical (unpaired) electrons. The molecule has 128 valence electrons. The Morgan fingerprint density at radius 3 is 2.52 bits per heavy atom. The molecule has 1 aromatic heterocycles. The maximum Gasteiger partial charge on any atom is 0.254 e. The Balaban J connectivity index is 1.69. The zero-order valence-corrected chi connectivity index (χ0v) is 14.6. The van der Waals surface area contributed by atoms with E-state index in [1.54, 1.807) is 4.57 Å². The summed E-state index contributed by atoms with van der Waals surface area (Å²) in [4.78, 5) is 24.6. The molecule has 4 nitrogen and oxygen atoms in total. The van der Waals surface area contributed by atoms with Gasteiger partial charge in [0, 0.05) is 18.7 Å². The molecule has 0 bridgehead atoms. The molecule has 0 unspecified atom stereocenters. The normalized spacial score (nSPS) is 10.8. The lowest BCUT2D eigenvalue weighted by Crippen LogP contribution is -2.32. The van der Waals surface area contributed by atoms with Gasteiger partial charge in [-0.15, -0.1) is 0 Å². The molecular weight excluding hydrogens is 312 g/mol. The quantitative estimate of drug-likeness (QED) is 0.780. The lowest BCUT2D eigenvalue weighted by atomic mass is 10.1. The number of hydrogen-bond donors (Lipinski definition) is 1. The first-order valence-corrected chi connectivity index (χ1v) is 8.46. The molecular formula is C21H22N2O2. The fourth-order valence-electron chi connectivity index (χ4n) is 3.05. The van der Waals surface area contributed by atoms with Crippen molar-refractivity contribution in [1.82, 2.24) is 9.88 Å². The molecule has 1 amide bonds. The maximum absolute atomic E-state index is 12.4. The molecule has 0 spiro atoms. The SMILES string of the molecule is Cc1ccccc1CC(=O)NCCn1c(=O)c(C)cc2ccccc21. The van der Waals surface area contributed by atoms with E-state index in [0.29, 0.717) is 25.1 Å². The summed E-state index contributed by atoms with van der Waals surface area (Å²) in [6, 6.07) is 17.6. The number of rotatable bonds is 5. The van der Waals surface area contributed by atoms with Crippen molar-refractivity contribution < 1.29 is 4.79 Å². The smallest absolute Gasteiger partial charge is 0.254 e. The maximum atomic E-state index is 12.4. The van der Waals surface area contributed by atoms with Crippen molar-refractivity contribution in [2.24, 2.45) is 0 Å². The van der Waals surface area contributed by atoms with E-state index in [9.17, 15) is 9.59 Å². The minimum atomic E-state index is -0.0284. The molecule has 2 aromatic carbocycles. The van der Waals surface area contributed by atoms with Crippen molar-refractivity contribution in [3.8, 4) is 0 Å². The Bertz CT molecular complexity index is 973. The van der Waals surface area contributed by atoms with E-state index < -0.39 is 0 Å². The summed E-state index contributed by atoms with van der Waals surface area (Å²) in [6.07, 6.45) is 0.357. The van der Waals surface area contributed by atoms with E-state index in [1.807, 2.05) is 68.4 Å². The van der Waals surface area contributed by atoms with Crippen molar-refractivity contribution >= 4 is 16.8 Å². The van der Waals surface area contributed by atoms with Crippen molar-refractivity contribution in [3.63, 3.8) is 0 Å². The third-order valence-corrected chi connectivity index (χ3v) is 4.45. The summed E-state index contributed by atoms with van der Waals surface area (Å²) in [5.74, 6) is -0.0284. The van der Waals surface area contributed by atoms with Gasteiger partial charge >= 0.3 is 0 Å². The second kappa shape index (κ2) is 7.34. The summed E-state index contributed by atoms with van der Waals surface area (Å²) in [6.45, 7) is 4.71. The van der Waals surface area contributed by atoms with Gasteiger partial charge in [-0.3, -0.25) is 9.59 Å². The zero-order chi connectivity index (χ0) is 17.8. The van der Waals surface area contributed by atoms with Crippen LogP contribution < -0.4 is 10.9 Å². The van der Waals surface area contributed by atoms with Crippen LogP contribution in [0.4, 0.5) is 0 Å². The number of nitrogens with zero attached hydrogens (tertiary/aromatic N) is 1. The van der Waals surface area contributed by atoms with Crippen LogP contribution in [0, 0.1) is 13.8 Å². The van der Waals surface area contributed by atoms with Gasteiger partial charge in [-0.05, 0) is 42.5 Å². The van der Waals surface area contributed by atoms with Crippen molar-refractivity contribution in [3.05, 3.63) is 81.6 Å². The van der Waals surface area contributed by atoms with Crippen LogP contribution in [0.2, 0.25) is 0 Å². The van der Waals surface area contributed by atoms with Crippen LogP contribution in [-0.4, -0.2) is 17.0 Å². The number of nitrogens with one attached hydrogen (secondary N) is 1. The largest absolute Gasteiger partial charge is 0.354 e. The molecule has 3 rings (SSSR count). The highest BCUT2D eigenvalue weighted by Gasteiger charge is 2.08. The lowest BCUT2D eigenvalue weighted by molar-refractivity contribution is -0.120. The highest BCUT2D eigenvalue weighted by molar-refractivity contribution is 5.80. The van der Waals surface area contributed by atoms with Crippen LogP contribution in [-0.2, 0) is 17.8 Å². The number of para-hydroxylation sites is 1. The molecule has 1 heterocycles. The molecule has 3 aromatic rings. The Hall–Kier alpha value is -2.88. The number of aromatic nitrogens is 1. The van der Waals surface area contributed by atoms with Crippen molar-refractivity contribution in [1.29, 1.82) is 0 Å². The van der Waals surface area contributed by atoms with Gasteiger partial charge < -0.3 is 9.88 Å². The average Bonchev–Trinajstić information content (AvgIpc) is 2.60. The number of carbonyl (C=O) groups excluding carboxylic acids is 1. The van der Waals surface area contributed by atoms with Gasteiger partial charge in [-0.1, -0.05) is 42.5 Å². The highest BCUT2D eigenvalue weighted by Crippen LogP contribution is 2.12. The number of benzene rings is 2. The fourth-order valence-corrected chi connectivity index (χ4v) is 3.05. The lowest BCUT2D eigenvalue weighted by Gasteiger charge is -2.12. The third-order valence-electron chi connectivity index (χ3n) is 4.45. The monoisotopic (exact) mass is 334 g/mol. The first-order valence-electron chi connectivity index (χ1n) is 8.46. The molecule has 0 saturated carbocycles. The Morgan fingerprint density at radius 2 is 1.72 bits per heavy atom. The summed E-state index contributed by atoms with van der Waals surface area (Å²) >= 11 is 0. The van der Waals surface area contributed by atoms with E-state index in [-0.39, 0.29) is 11.5 Å². The standard InChI is InChI=1S/C21H22N2O2/c1-15-7-3-4-8-17(15)14-20(24)22-11-12-23-19-10-6-5-9-18(19)13-16(2)21(23)25/h3-10,13H,11-12,14H2,1-2H3,(H,22,24). The van der Waals surface area contributed by atoms with Gasteiger partial charge in [0.1, 0.15) is 0 Å². The molecule has 1 N–H and O–H groups in total. The number of pyridine rings is 1. The second-order valence-corrected chi connectivity index (χ2v) is 6.30. The van der Waals surface area contributed by atoms with Crippen LogP contribution >= 0.6 is 0 Å². The van der Waals surface area contributed by atoms with Crippen LogP contribution in [0.5, 0.6) is 0 Å². The minimum Gasteiger partial charge on any atom is -0.354 e. The van der Waals surface area contributed by atoms with Crippen molar-refractivity contribution in [2.75, 3.05) is 6.54 Å². The number of hydrogen-bond acceptors (Lipinski definition) is 2. The molecule has 0 aliphatic carbocycles. The number of carbonyl (C=O) groups is 1. The van der Waals surface area contributed by atoms with Crippen LogP contribution in [0.25, 0.3) is 10.9 Å². The van der Waals surface area contributed by atoms with E-state index in [0.717, 1.165) is 22.0 Å². The molecule has 0 saturated heterocycles. The predicted molar refractivity (Wildman–Crippen MR) is 101 cm³/mol. The fraction of sp³-hybridized carbons (Fsp3) is 0.238. The second-order valence-electron chi connectivity index (χ2n) is 6.30. The van der Waals surface area contributed by atoms with E-state index in [1.165, 1.54) is 0 Å². The Labute approximate surface area is 147 Å². The molecule has 4 heteroatoms. The molecule has 0 aliphatic rings. The van der Waals surface area contributed by atoms with Gasteiger partial charge in [-0.25, -0.2) is 0 Å². The number of amides is 1. The number of fused-ring (bicyclic) bond motifs is 1. The van der Waals surface area contributed by atoms with Gasteiger partial charge in [-0.2, -0.15) is 0 Å². The van der Waals surface area contributed by atoms with Gasteiger partial charge in [0.15, 0.2) is 0 Å². The predicted octanol–water partition coefficient (Wildman–Crippen LogP) is 2.98. The van der Waals surface area contributed by atoms with Crippen LogP contribution in [0.3, 0.4) is 0 Å². The molecule has 0 aliphatic heterocycles. The average molecular weight is 334 g/mol. The van der Waals surface area contributed by atoms with E-state index >= 15 is 0 Å². The molecule has 0 atom stereocenters. The van der Waals surface area contributed by atoms with Crippen LogP contribution in [0.1, 0.15) is 16.7 Å². The molecule has 0 fully saturated rings. The zero-order valence-electron chi connectivity index (χ0n) is 14.6. The Kier molecular flexibility index (Phi) is 4.98. The Morgan fingerprint density at radius 1 is 1.00 bits per heavy atom. The summed E-state index contributed by atoms with van der Waals surface area (Å²) in [7, 11) is 0. The van der Waals surface area contributed by atoms with E-state index in [4.69, 9.17) is 0 Å². The number of aryl methyl sites for hydroxylation is 2. The summed E-state index contributed by atoms with van der Waals surface area (Å²) < 4.78 is 1.73. The third kappa shape index (κ3) is 3.79. The first-order chi connectivity index (χ1) is 12.1. The summed E-state index contributed by atoms with van der Waals surface area (Å²) in [5.41, 5.74) is 3.74. The first kappa shape index (κ1) is 17.0. The molecule has 25 heavy (non-hydrogen) atoms. The summed E-state index contributed by atoms with van der Waals surface area (Å²) in [5, 5.41) is 3.95. The van der Waals surface area contributed by atoms with Crippen LogP contribution in [0.15, 0.2) is 59.4 Å². The van der Waals surface area contributed by atoms with Gasteiger partial charge in [0.25, 0.3) is 5.56 Å².